The molecule has 0 aliphatic carbocycles. The Kier molecular flexibility index (Phi) is 4.42. The van der Waals surface area contributed by atoms with Gasteiger partial charge in [0.05, 0.1) is 29.3 Å². The quantitative estimate of drug-likeness (QED) is 0.645. The van der Waals surface area contributed by atoms with Gasteiger partial charge in [-0.1, -0.05) is 17.8 Å². The van der Waals surface area contributed by atoms with Crippen LogP contribution in [0.2, 0.25) is 0 Å². The van der Waals surface area contributed by atoms with Gasteiger partial charge in [-0.2, -0.15) is 5.26 Å². The molecule has 2 N–H and O–H groups in total. The minimum atomic E-state index is -0.0862. The zero-order chi connectivity index (χ0) is 13.7. The van der Waals surface area contributed by atoms with Crippen molar-refractivity contribution in [2.24, 2.45) is 0 Å². The normalized spacial score (nSPS) is 10.3. The first-order valence-electron chi connectivity index (χ1n) is 5.92. The number of imidazole rings is 1. The van der Waals surface area contributed by atoms with Crippen molar-refractivity contribution in [3.8, 4) is 6.07 Å². The number of hydrogen-bond donors (Lipinski definition) is 2. The Morgan fingerprint density at radius 1 is 1.58 bits per heavy atom. The Bertz CT molecular complexity index is 629. The number of thioether (sulfide) groups is 1. The van der Waals surface area contributed by atoms with Crippen molar-refractivity contribution in [1.82, 2.24) is 15.3 Å². The van der Waals surface area contributed by atoms with E-state index in [-0.39, 0.29) is 5.91 Å². The Balaban J connectivity index is 1.91. The van der Waals surface area contributed by atoms with Crippen molar-refractivity contribution in [2.45, 2.75) is 18.5 Å². The summed E-state index contributed by atoms with van der Waals surface area (Å²) in [4.78, 5) is 19.1. The number of rotatable bonds is 5. The highest BCUT2D eigenvalue weighted by molar-refractivity contribution is 7.99. The van der Waals surface area contributed by atoms with Crippen LogP contribution in [0.5, 0.6) is 0 Å². The standard InChI is InChI=1S/C13H14N4OS/c1-9-3-4-10-11(7-9)17-13(16-10)19-8-12(18)15-6-2-5-14/h3-4,7H,2,6,8H2,1H3,(H,15,18)(H,16,17). The number of fused-ring (bicyclic) bond motifs is 1. The van der Waals surface area contributed by atoms with E-state index in [2.05, 4.69) is 15.3 Å². The summed E-state index contributed by atoms with van der Waals surface area (Å²) in [5.74, 6) is 0.210. The number of carbonyl (C=O) groups excluding carboxylic acids is 1. The molecule has 0 spiro atoms. The monoisotopic (exact) mass is 274 g/mol. The fourth-order valence-corrected chi connectivity index (χ4v) is 2.33. The van der Waals surface area contributed by atoms with Crippen molar-refractivity contribution in [1.29, 1.82) is 5.26 Å². The number of aryl methyl sites for hydroxylation is 1. The largest absolute Gasteiger partial charge is 0.354 e. The van der Waals surface area contributed by atoms with E-state index in [1.807, 2.05) is 31.2 Å². The van der Waals surface area contributed by atoms with Gasteiger partial charge in [-0.15, -0.1) is 0 Å². The molecule has 1 aromatic heterocycles. The van der Waals surface area contributed by atoms with Crippen LogP contribution in [0, 0.1) is 18.3 Å². The second-order valence-corrected chi connectivity index (χ2v) is 5.07. The number of aromatic amines is 1. The molecule has 5 nitrogen and oxygen atoms in total. The van der Waals surface area contributed by atoms with E-state index in [0.29, 0.717) is 18.7 Å². The molecule has 2 rings (SSSR count). The van der Waals surface area contributed by atoms with Crippen molar-refractivity contribution in [2.75, 3.05) is 12.3 Å². The van der Waals surface area contributed by atoms with Gasteiger partial charge >= 0.3 is 0 Å². The number of nitriles is 1. The molecular formula is C13H14N4OS. The Morgan fingerprint density at radius 3 is 3.21 bits per heavy atom. The van der Waals surface area contributed by atoms with Crippen molar-refractivity contribution in [3.63, 3.8) is 0 Å². The smallest absolute Gasteiger partial charge is 0.230 e. The Hall–Kier alpha value is -2.00. The molecule has 1 amide bonds. The third kappa shape index (κ3) is 3.73. The van der Waals surface area contributed by atoms with E-state index in [0.717, 1.165) is 16.2 Å². The summed E-state index contributed by atoms with van der Waals surface area (Å²) in [7, 11) is 0. The molecule has 98 valence electrons. The van der Waals surface area contributed by atoms with Crippen molar-refractivity contribution in [3.05, 3.63) is 23.8 Å². The minimum absolute atomic E-state index is 0.0862. The van der Waals surface area contributed by atoms with Crippen LogP contribution < -0.4 is 5.32 Å². The van der Waals surface area contributed by atoms with Crippen LogP contribution in [0.15, 0.2) is 23.4 Å². The lowest BCUT2D eigenvalue weighted by atomic mass is 10.2. The lowest BCUT2D eigenvalue weighted by Gasteiger charge is -2.00. The number of hydrogen-bond acceptors (Lipinski definition) is 4. The molecule has 0 atom stereocenters. The summed E-state index contributed by atoms with van der Waals surface area (Å²) >= 11 is 1.36. The number of H-pyrrole nitrogens is 1. The number of aromatic nitrogens is 2. The average molecular weight is 274 g/mol. The fourth-order valence-electron chi connectivity index (χ4n) is 1.61. The number of nitrogens with one attached hydrogen (secondary N) is 2. The summed E-state index contributed by atoms with van der Waals surface area (Å²) < 4.78 is 0. The van der Waals surface area contributed by atoms with Crippen LogP contribution in [0.1, 0.15) is 12.0 Å². The van der Waals surface area contributed by atoms with Gasteiger partial charge in [-0.25, -0.2) is 4.98 Å². The highest BCUT2D eigenvalue weighted by Gasteiger charge is 2.06. The maximum absolute atomic E-state index is 11.5. The highest BCUT2D eigenvalue weighted by atomic mass is 32.2. The highest BCUT2D eigenvalue weighted by Crippen LogP contribution is 2.19. The number of benzene rings is 1. The average Bonchev–Trinajstić information content (AvgIpc) is 2.78. The van der Waals surface area contributed by atoms with Gasteiger partial charge in [-0.05, 0) is 24.6 Å². The van der Waals surface area contributed by atoms with Crippen LogP contribution >= 0.6 is 11.8 Å². The minimum Gasteiger partial charge on any atom is -0.354 e. The lowest BCUT2D eigenvalue weighted by Crippen LogP contribution is -2.25. The summed E-state index contributed by atoms with van der Waals surface area (Å²) in [6.45, 7) is 2.42. The molecule has 0 radical (unpaired) electrons. The third-order valence-corrected chi connectivity index (χ3v) is 3.39. The van der Waals surface area contributed by atoms with Crippen LogP contribution in [-0.4, -0.2) is 28.2 Å². The van der Waals surface area contributed by atoms with Crippen LogP contribution in [0.25, 0.3) is 11.0 Å². The van der Waals surface area contributed by atoms with Gasteiger partial charge in [0.1, 0.15) is 0 Å². The Labute approximate surface area is 115 Å². The molecule has 0 unspecified atom stereocenters. The van der Waals surface area contributed by atoms with Crippen LogP contribution in [-0.2, 0) is 4.79 Å². The van der Waals surface area contributed by atoms with Gasteiger partial charge in [0.2, 0.25) is 5.91 Å². The van der Waals surface area contributed by atoms with E-state index in [9.17, 15) is 4.79 Å². The van der Waals surface area contributed by atoms with E-state index in [4.69, 9.17) is 5.26 Å². The van der Waals surface area contributed by atoms with Gasteiger partial charge < -0.3 is 10.3 Å². The zero-order valence-electron chi connectivity index (χ0n) is 10.6. The molecule has 0 bridgehead atoms. The van der Waals surface area contributed by atoms with E-state index < -0.39 is 0 Å². The van der Waals surface area contributed by atoms with E-state index >= 15 is 0 Å². The molecule has 6 heteroatoms. The Morgan fingerprint density at radius 2 is 2.42 bits per heavy atom. The van der Waals surface area contributed by atoms with Gasteiger partial charge in [-0.3, -0.25) is 4.79 Å². The second-order valence-electron chi connectivity index (χ2n) is 4.11. The molecule has 0 fully saturated rings. The maximum atomic E-state index is 11.5. The van der Waals surface area contributed by atoms with Crippen LogP contribution in [0.4, 0.5) is 0 Å². The summed E-state index contributed by atoms with van der Waals surface area (Å²) in [6.07, 6.45) is 0.334. The van der Waals surface area contributed by atoms with Crippen LogP contribution in [0.3, 0.4) is 0 Å². The molecule has 19 heavy (non-hydrogen) atoms. The predicted octanol–water partition coefficient (Wildman–Crippen LogP) is 1.99. The number of amides is 1. The lowest BCUT2D eigenvalue weighted by molar-refractivity contribution is -0.118. The molecule has 0 aliphatic rings. The molecule has 0 saturated carbocycles. The van der Waals surface area contributed by atoms with Gasteiger partial charge in [0, 0.05) is 6.54 Å². The predicted molar refractivity (Wildman–Crippen MR) is 74.8 cm³/mol. The molecule has 0 saturated heterocycles. The van der Waals surface area contributed by atoms with E-state index in [1.54, 1.807) is 0 Å². The van der Waals surface area contributed by atoms with Crippen molar-refractivity contribution >= 4 is 28.7 Å². The molecule has 1 aromatic carbocycles. The fraction of sp³-hybridized carbons (Fsp3) is 0.308. The molecule has 0 aliphatic heterocycles. The maximum Gasteiger partial charge on any atom is 0.230 e. The molecule has 1 heterocycles. The molecule has 2 aromatic rings. The summed E-state index contributed by atoms with van der Waals surface area (Å²) in [5, 5.41) is 11.8. The second kappa shape index (κ2) is 6.25. The van der Waals surface area contributed by atoms with Gasteiger partial charge in [0.15, 0.2) is 5.16 Å². The topological polar surface area (TPSA) is 81.6 Å². The first-order chi connectivity index (χ1) is 9.19. The number of carbonyl (C=O) groups is 1. The first kappa shape index (κ1) is 13.4. The van der Waals surface area contributed by atoms with E-state index in [1.165, 1.54) is 17.3 Å². The first-order valence-corrected chi connectivity index (χ1v) is 6.90. The number of nitrogens with zero attached hydrogens (tertiary/aromatic N) is 2. The van der Waals surface area contributed by atoms with Gasteiger partial charge in [0.25, 0.3) is 0 Å². The summed E-state index contributed by atoms with van der Waals surface area (Å²) in [5.41, 5.74) is 3.05. The SMILES string of the molecule is Cc1ccc2nc(SCC(=O)NCCC#N)[nH]c2c1. The van der Waals surface area contributed by atoms with Crippen molar-refractivity contribution < 1.29 is 4.79 Å². The molecular weight excluding hydrogens is 260 g/mol. The third-order valence-electron chi connectivity index (χ3n) is 2.51. The zero-order valence-corrected chi connectivity index (χ0v) is 11.4. The summed E-state index contributed by atoms with van der Waals surface area (Å²) in [6, 6.07) is 7.97.